The summed E-state index contributed by atoms with van der Waals surface area (Å²) >= 11 is 0. The minimum atomic E-state index is -0.111. The van der Waals surface area contributed by atoms with E-state index in [0.29, 0.717) is 12.1 Å². The summed E-state index contributed by atoms with van der Waals surface area (Å²) in [5.41, 5.74) is 6.57. The molecule has 2 aromatic carbocycles. The van der Waals surface area contributed by atoms with Crippen LogP contribution >= 0.6 is 0 Å². The first-order valence-electron chi connectivity index (χ1n) is 9.54. The second kappa shape index (κ2) is 7.75. The van der Waals surface area contributed by atoms with Gasteiger partial charge in [0.25, 0.3) is 5.91 Å². The first kappa shape index (κ1) is 18.7. The van der Waals surface area contributed by atoms with Gasteiger partial charge in [-0.15, -0.1) is 0 Å². The van der Waals surface area contributed by atoms with Gasteiger partial charge in [-0.3, -0.25) is 4.79 Å². The second-order valence-electron chi connectivity index (χ2n) is 7.01. The van der Waals surface area contributed by atoms with E-state index in [1.54, 1.807) is 6.20 Å². The average molecular weight is 385 g/mol. The van der Waals surface area contributed by atoms with E-state index in [4.69, 9.17) is 0 Å². The van der Waals surface area contributed by atoms with Crippen LogP contribution in [0, 0.1) is 20.8 Å². The molecule has 0 bridgehead atoms. The Labute approximate surface area is 169 Å². The number of carbonyl (C=O) groups excluding carboxylic acids is 1. The number of amides is 1. The standard InChI is InChI=1S/C23H23N5O/c1-16-13-14-25-27(16)21-11-9-19(10-12-21)23(29)24-15-22-17(2)26-28(18(22)3)20-7-5-4-6-8-20/h4-14H,15H2,1-3H3,(H,24,29). The molecule has 1 amide bonds. The fraction of sp³-hybridized carbons (Fsp3) is 0.174. The van der Waals surface area contributed by atoms with Crippen molar-refractivity contribution in [3.05, 3.63) is 95.1 Å². The Kier molecular flexibility index (Phi) is 4.99. The smallest absolute Gasteiger partial charge is 0.251 e. The van der Waals surface area contributed by atoms with E-state index in [9.17, 15) is 4.79 Å². The molecule has 0 spiro atoms. The van der Waals surface area contributed by atoms with E-state index in [1.165, 1.54) is 0 Å². The third-order valence-corrected chi connectivity index (χ3v) is 5.07. The number of aromatic nitrogens is 4. The maximum Gasteiger partial charge on any atom is 0.251 e. The topological polar surface area (TPSA) is 64.7 Å². The minimum absolute atomic E-state index is 0.111. The van der Waals surface area contributed by atoms with Gasteiger partial charge in [0.2, 0.25) is 0 Å². The molecule has 146 valence electrons. The third-order valence-electron chi connectivity index (χ3n) is 5.07. The summed E-state index contributed by atoms with van der Waals surface area (Å²) < 4.78 is 3.75. The van der Waals surface area contributed by atoms with Crippen molar-refractivity contribution in [1.82, 2.24) is 24.9 Å². The highest BCUT2D eigenvalue weighted by Crippen LogP contribution is 2.18. The zero-order chi connectivity index (χ0) is 20.4. The van der Waals surface area contributed by atoms with Crippen molar-refractivity contribution >= 4 is 5.91 Å². The lowest BCUT2D eigenvalue weighted by Crippen LogP contribution is -2.23. The number of benzene rings is 2. The van der Waals surface area contributed by atoms with Gasteiger partial charge in [0.05, 0.1) is 17.1 Å². The van der Waals surface area contributed by atoms with Gasteiger partial charge in [0, 0.05) is 35.3 Å². The lowest BCUT2D eigenvalue weighted by atomic mass is 10.1. The highest BCUT2D eigenvalue weighted by molar-refractivity contribution is 5.94. The Morgan fingerprint density at radius 2 is 1.59 bits per heavy atom. The highest BCUT2D eigenvalue weighted by atomic mass is 16.1. The Morgan fingerprint density at radius 3 is 2.24 bits per heavy atom. The van der Waals surface area contributed by atoms with Gasteiger partial charge < -0.3 is 5.32 Å². The summed E-state index contributed by atoms with van der Waals surface area (Å²) in [6.07, 6.45) is 1.76. The number of para-hydroxylation sites is 1. The number of nitrogens with one attached hydrogen (secondary N) is 1. The molecule has 29 heavy (non-hydrogen) atoms. The summed E-state index contributed by atoms with van der Waals surface area (Å²) in [5, 5.41) is 11.9. The fourth-order valence-electron chi connectivity index (χ4n) is 3.42. The molecule has 6 heteroatoms. The van der Waals surface area contributed by atoms with Crippen LogP contribution in [0.15, 0.2) is 66.9 Å². The molecule has 6 nitrogen and oxygen atoms in total. The van der Waals surface area contributed by atoms with E-state index in [1.807, 2.05) is 90.8 Å². The molecule has 2 heterocycles. The summed E-state index contributed by atoms with van der Waals surface area (Å²) in [5.74, 6) is -0.111. The molecular weight excluding hydrogens is 362 g/mol. The number of carbonyl (C=O) groups is 1. The minimum Gasteiger partial charge on any atom is -0.348 e. The number of hydrogen-bond acceptors (Lipinski definition) is 3. The van der Waals surface area contributed by atoms with E-state index in [-0.39, 0.29) is 5.91 Å². The quantitative estimate of drug-likeness (QED) is 0.566. The maximum atomic E-state index is 12.6. The van der Waals surface area contributed by atoms with E-state index >= 15 is 0 Å². The molecule has 0 unspecified atom stereocenters. The molecule has 0 aliphatic carbocycles. The Bertz CT molecular complexity index is 1140. The fourth-order valence-corrected chi connectivity index (χ4v) is 3.42. The molecule has 1 N–H and O–H groups in total. The number of rotatable bonds is 5. The summed E-state index contributed by atoms with van der Waals surface area (Å²) in [4.78, 5) is 12.6. The third kappa shape index (κ3) is 3.69. The Hall–Kier alpha value is -3.67. The molecular formula is C23H23N5O. The van der Waals surface area contributed by atoms with Gasteiger partial charge in [-0.1, -0.05) is 18.2 Å². The second-order valence-corrected chi connectivity index (χ2v) is 7.01. The van der Waals surface area contributed by atoms with Gasteiger partial charge >= 0.3 is 0 Å². The Morgan fingerprint density at radius 1 is 0.897 bits per heavy atom. The van der Waals surface area contributed by atoms with Crippen LogP contribution in [0.25, 0.3) is 11.4 Å². The molecule has 0 saturated carbocycles. The number of aryl methyl sites for hydroxylation is 2. The van der Waals surface area contributed by atoms with Crippen molar-refractivity contribution in [2.24, 2.45) is 0 Å². The van der Waals surface area contributed by atoms with Gasteiger partial charge in [-0.25, -0.2) is 9.36 Å². The van der Waals surface area contributed by atoms with Gasteiger partial charge in [-0.05, 0) is 63.2 Å². The first-order valence-corrected chi connectivity index (χ1v) is 9.54. The predicted octanol–water partition coefficient (Wildman–Crippen LogP) is 3.91. The van der Waals surface area contributed by atoms with Crippen LogP contribution in [0.3, 0.4) is 0 Å². The molecule has 0 aliphatic rings. The summed E-state index contributed by atoms with van der Waals surface area (Å²) in [6, 6.07) is 19.4. The van der Waals surface area contributed by atoms with Crippen LogP contribution < -0.4 is 5.32 Å². The Balaban J connectivity index is 1.48. The summed E-state index contributed by atoms with van der Waals surface area (Å²) in [6.45, 7) is 6.42. The zero-order valence-corrected chi connectivity index (χ0v) is 16.8. The van der Waals surface area contributed by atoms with Crippen molar-refractivity contribution in [3.63, 3.8) is 0 Å². The summed E-state index contributed by atoms with van der Waals surface area (Å²) in [7, 11) is 0. The van der Waals surface area contributed by atoms with Crippen molar-refractivity contribution < 1.29 is 4.79 Å². The van der Waals surface area contributed by atoms with Crippen LogP contribution in [0.1, 0.15) is 33.0 Å². The van der Waals surface area contributed by atoms with Crippen molar-refractivity contribution in [3.8, 4) is 11.4 Å². The molecule has 0 saturated heterocycles. The van der Waals surface area contributed by atoms with Crippen LogP contribution in [0.5, 0.6) is 0 Å². The van der Waals surface area contributed by atoms with Crippen molar-refractivity contribution in [1.29, 1.82) is 0 Å². The molecule has 0 aliphatic heterocycles. The van der Waals surface area contributed by atoms with E-state index < -0.39 is 0 Å². The molecule has 4 aromatic rings. The highest BCUT2D eigenvalue weighted by Gasteiger charge is 2.14. The van der Waals surface area contributed by atoms with Crippen molar-refractivity contribution in [2.45, 2.75) is 27.3 Å². The number of nitrogens with zero attached hydrogens (tertiary/aromatic N) is 4. The lowest BCUT2D eigenvalue weighted by Gasteiger charge is -2.08. The van der Waals surface area contributed by atoms with Gasteiger partial charge in [-0.2, -0.15) is 10.2 Å². The monoisotopic (exact) mass is 385 g/mol. The van der Waals surface area contributed by atoms with Gasteiger partial charge in [0.15, 0.2) is 0 Å². The normalized spacial score (nSPS) is 10.9. The largest absolute Gasteiger partial charge is 0.348 e. The maximum absolute atomic E-state index is 12.6. The van der Waals surface area contributed by atoms with Crippen LogP contribution in [0.4, 0.5) is 0 Å². The first-order chi connectivity index (χ1) is 14.0. The molecule has 4 rings (SSSR count). The van der Waals surface area contributed by atoms with Crippen LogP contribution in [-0.2, 0) is 6.54 Å². The van der Waals surface area contributed by atoms with E-state index in [0.717, 1.165) is 34.0 Å². The molecule has 0 atom stereocenters. The van der Waals surface area contributed by atoms with Gasteiger partial charge in [0.1, 0.15) is 0 Å². The molecule has 0 fully saturated rings. The zero-order valence-electron chi connectivity index (χ0n) is 16.8. The molecule has 2 aromatic heterocycles. The molecule has 0 radical (unpaired) electrons. The predicted molar refractivity (Wildman–Crippen MR) is 113 cm³/mol. The van der Waals surface area contributed by atoms with Crippen LogP contribution in [-0.4, -0.2) is 25.5 Å². The number of hydrogen-bond donors (Lipinski definition) is 1. The van der Waals surface area contributed by atoms with E-state index in [2.05, 4.69) is 15.5 Å². The van der Waals surface area contributed by atoms with Crippen LogP contribution in [0.2, 0.25) is 0 Å². The van der Waals surface area contributed by atoms with Crippen molar-refractivity contribution in [2.75, 3.05) is 0 Å². The average Bonchev–Trinajstić information content (AvgIpc) is 3.30. The SMILES string of the molecule is Cc1nn(-c2ccccc2)c(C)c1CNC(=O)c1ccc(-n2nccc2C)cc1. The lowest BCUT2D eigenvalue weighted by molar-refractivity contribution is 0.0951.